The molecule has 9 heteroatoms. The topological polar surface area (TPSA) is 103 Å². The summed E-state index contributed by atoms with van der Waals surface area (Å²) < 4.78 is 6.78. The van der Waals surface area contributed by atoms with Crippen LogP contribution in [0.25, 0.3) is 5.95 Å². The molecular weight excluding hydrogens is 272 g/mol. The van der Waals surface area contributed by atoms with E-state index in [1.165, 1.54) is 11.0 Å². The molecule has 9 nitrogen and oxygen atoms in total. The van der Waals surface area contributed by atoms with E-state index in [0.29, 0.717) is 24.5 Å². The van der Waals surface area contributed by atoms with Crippen molar-refractivity contribution in [3.8, 4) is 5.95 Å². The van der Waals surface area contributed by atoms with E-state index in [1.807, 2.05) is 13.8 Å². The van der Waals surface area contributed by atoms with Gasteiger partial charge in [-0.05, 0) is 20.3 Å². The molecule has 0 radical (unpaired) electrons. The minimum atomic E-state index is 0.422. The highest BCUT2D eigenvalue weighted by atomic mass is 16.5. The predicted octanol–water partition coefficient (Wildman–Crippen LogP) is 0.723. The van der Waals surface area contributed by atoms with Crippen LogP contribution in [0.2, 0.25) is 0 Å². The van der Waals surface area contributed by atoms with Crippen LogP contribution in [0.3, 0.4) is 0 Å². The third kappa shape index (κ3) is 4.63. The lowest BCUT2D eigenvalue weighted by molar-refractivity contribution is 0.147. The monoisotopic (exact) mass is 292 g/mol. The van der Waals surface area contributed by atoms with Gasteiger partial charge in [0.05, 0.1) is 0 Å². The number of hydrogen-bond acceptors (Lipinski definition) is 8. The van der Waals surface area contributed by atoms with Gasteiger partial charge in [0.15, 0.2) is 0 Å². The highest BCUT2D eigenvalue weighted by Crippen LogP contribution is 2.08. The molecule has 2 rings (SSSR count). The minimum absolute atomic E-state index is 0.422. The first kappa shape index (κ1) is 15.1. The minimum Gasteiger partial charge on any atom is -0.382 e. The fourth-order valence-electron chi connectivity index (χ4n) is 1.61. The summed E-state index contributed by atoms with van der Waals surface area (Å²) in [4.78, 5) is 16.8. The molecule has 0 aromatic carbocycles. The van der Waals surface area contributed by atoms with Gasteiger partial charge in [-0.3, -0.25) is 0 Å². The molecule has 2 heterocycles. The second-order valence-electron chi connectivity index (χ2n) is 4.13. The van der Waals surface area contributed by atoms with Crippen molar-refractivity contribution >= 4 is 11.9 Å². The summed E-state index contributed by atoms with van der Waals surface area (Å²) >= 11 is 0. The average Bonchev–Trinajstić information content (AvgIpc) is 3.01. The van der Waals surface area contributed by atoms with Crippen molar-refractivity contribution in [1.29, 1.82) is 0 Å². The summed E-state index contributed by atoms with van der Waals surface area (Å²) in [7, 11) is 0. The Bertz CT molecular complexity index is 530. The number of rotatable bonds is 9. The molecule has 0 aliphatic rings. The molecule has 2 aromatic rings. The maximum Gasteiger partial charge on any atom is 0.258 e. The van der Waals surface area contributed by atoms with Crippen LogP contribution in [0, 0.1) is 0 Å². The third-order valence-corrected chi connectivity index (χ3v) is 2.53. The van der Waals surface area contributed by atoms with Crippen LogP contribution in [-0.4, -0.2) is 56.0 Å². The Morgan fingerprint density at radius 3 is 2.62 bits per heavy atom. The average molecular weight is 292 g/mol. The number of ether oxygens (including phenoxy) is 1. The maximum absolute atomic E-state index is 5.29. The first-order chi connectivity index (χ1) is 10.3. The number of aromatic nitrogens is 6. The molecule has 0 saturated carbocycles. The summed E-state index contributed by atoms with van der Waals surface area (Å²) in [5.41, 5.74) is 0. The van der Waals surface area contributed by atoms with Crippen molar-refractivity contribution in [1.82, 2.24) is 29.7 Å². The fourth-order valence-corrected chi connectivity index (χ4v) is 1.61. The Labute approximate surface area is 123 Å². The van der Waals surface area contributed by atoms with Crippen LogP contribution in [0.15, 0.2) is 12.7 Å². The lowest BCUT2D eigenvalue weighted by Crippen LogP contribution is -2.14. The molecule has 0 bridgehead atoms. The van der Waals surface area contributed by atoms with Gasteiger partial charge in [-0.2, -0.15) is 24.7 Å². The van der Waals surface area contributed by atoms with Crippen molar-refractivity contribution < 1.29 is 4.74 Å². The van der Waals surface area contributed by atoms with Gasteiger partial charge in [0.25, 0.3) is 5.95 Å². The van der Waals surface area contributed by atoms with Gasteiger partial charge in [-0.1, -0.05) is 0 Å². The van der Waals surface area contributed by atoms with E-state index in [4.69, 9.17) is 4.74 Å². The van der Waals surface area contributed by atoms with Crippen LogP contribution < -0.4 is 10.6 Å². The van der Waals surface area contributed by atoms with E-state index in [2.05, 4.69) is 35.7 Å². The quantitative estimate of drug-likeness (QED) is 0.652. The summed E-state index contributed by atoms with van der Waals surface area (Å²) in [6.07, 6.45) is 3.87. The Morgan fingerprint density at radius 2 is 1.95 bits per heavy atom. The van der Waals surface area contributed by atoms with Crippen LogP contribution in [-0.2, 0) is 4.74 Å². The standard InChI is InChI=1S/C12H20N8O/c1-3-14-10-17-11(15-6-5-7-21-4-2)19-12(18-10)20-9-13-8-16-20/h8-9H,3-7H2,1-2H3,(H2,14,15,17,18,19). The van der Waals surface area contributed by atoms with Gasteiger partial charge >= 0.3 is 0 Å². The zero-order valence-corrected chi connectivity index (χ0v) is 12.3. The fraction of sp³-hybridized carbons (Fsp3) is 0.583. The molecule has 0 aliphatic carbocycles. The van der Waals surface area contributed by atoms with E-state index in [9.17, 15) is 0 Å². The highest BCUT2D eigenvalue weighted by molar-refractivity contribution is 5.37. The Kier molecular flexibility index (Phi) is 5.83. The van der Waals surface area contributed by atoms with E-state index >= 15 is 0 Å². The van der Waals surface area contributed by atoms with Crippen LogP contribution in [0.1, 0.15) is 20.3 Å². The molecule has 114 valence electrons. The second kappa shape index (κ2) is 8.10. The molecule has 2 aromatic heterocycles. The van der Waals surface area contributed by atoms with Crippen LogP contribution >= 0.6 is 0 Å². The van der Waals surface area contributed by atoms with Gasteiger partial charge in [0, 0.05) is 26.3 Å². The van der Waals surface area contributed by atoms with Gasteiger partial charge < -0.3 is 15.4 Å². The smallest absolute Gasteiger partial charge is 0.258 e. The van der Waals surface area contributed by atoms with Crippen molar-refractivity contribution in [2.75, 3.05) is 36.9 Å². The second-order valence-corrected chi connectivity index (χ2v) is 4.13. The van der Waals surface area contributed by atoms with Crippen molar-refractivity contribution in [2.24, 2.45) is 0 Å². The predicted molar refractivity (Wildman–Crippen MR) is 78.5 cm³/mol. The van der Waals surface area contributed by atoms with E-state index in [1.54, 1.807) is 6.33 Å². The maximum atomic E-state index is 5.29. The largest absolute Gasteiger partial charge is 0.382 e. The molecule has 2 N–H and O–H groups in total. The number of hydrogen-bond donors (Lipinski definition) is 2. The van der Waals surface area contributed by atoms with Gasteiger partial charge in [-0.25, -0.2) is 4.98 Å². The molecule has 0 saturated heterocycles. The molecule has 0 amide bonds. The number of anilines is 2. The van der Waals surface area contributed by atoms with Crippen LogP contribution in [0.4, 0.5) is 11.9 Å². The summed E-state index contributed by atoms with van der Waals surface area (Å²) in [6, 6.07) is 0. The number of nitrogens with zero attached hydrogens (tertiary/aromatic N) is 6. The molecule has 21 heavy (non-hydrogen) atoms. The Hall–Kier alpha value is -2.29. The number of nitrogens with one attached hydrogen (secondary N) is 2. The van der Waals surface area contributed by atoms with Crippen molar-refractivity contribution in [3.63, 3.8) is 0 Å². The van der Waals surface area contributed by atoms with E-state index in [0.717, 1.165) is 26.1 Å². The lowest BCUT2D eigenvalue weighted by atomic mass is 10.4. The van der Waals surface area contributed by atoms with Gasteiger partial charge in [-0.15, -0.1) is 0 Å². The molecule has 0 aliphatic heterocycles. The Morgan fingerprint density at radius 1 is 1.14 bits per heavy atom. The zero-order valence-electron chi connectivity index (χ0n) is 12.3. The molecule has 0 spiro atoms. The summed E-state index contributed by atoms with van der Waals surface area (Å²) in [5.74, 6) is 1.43. The normalized spacial score (nSPS) is 10.6. The first-order valence-electron chi connectivity index (χ1n) is 7.00. The van der Waals surface area contributed by atoms with Crippen LogP contribution in [0.5, 0.6) is 0 Å². The summed E-state index contributed by atoms with van der Waals surface area (Å²) in [6.45, 7) is 6.86. The zero-order chi connectivity index (χ0) is 14.9. The highest BCUT2D eigenvalue weighted by Gasteiger charge is 2.08. The SMILES string of the molecule is CCNc1nc(NCCCOCC)nc(-n2cncn2)n1. The van der Waals surface area contributed by atoms with Crippen molar-refractivity contribution in [2.45, 2.75) is 20.3 Å². The van der Waals surface area contributed by atoms with Crippen molar-refractivity contribution in [3.05, 3.63) is 12.7 Å². The van der Waals surface area contributed by atoms with Gasteiger partial charge in [0.2, 0.25) is 11.9 Å². The van der Waals surface area contributed by atoms with E-state index in [-0.39, 0.29) is 0 Å². The third-order valence-electron chi connectivity index (χ3n) is 2.53. The lowest BCUT2D eigenvalue weighted by Gasteiger charge is -2.09. The molecule has 0 unspecified atom stereocenters. The Balaban J connectivity index is 2.05. The van der Waals surface area contributed by atoms with Gasteiger partial charge in [0.1, 0.15) is 12.7 Å². The molecule has 0 atom stereocenters. The summed E-state index contributed by atoms with van der Waals surface area (Å²) in [5, 5.41) is 10.3. The van der Waals surface area contributed by atoms with E-state index < -0.39 is 0 Å². The molecule has 0 fully saturated rings. The molecular formula is C12H20N8O. The first-order valence-corrected chi connectivity index (χ1v) is 7.00.